The van der Waals surface area contributed by atoms with Crippen molar-refractivity contribution in [3.8, 4) is 0 Å². The first-order valence-corrected chi connectivity index (χ1v) is 7.15. The standard InChI is InChI=1S/C11H16N2O4S/c1-9-7-13(4-5-17-9)18(15,16)11-3-2-10(8-14)6-12-11/h2-3,6,9,14H,4-5,7-8H2,1H3. The summed E-state index contributed by atoms with van der Waals surface area (Å²) in [5.74, 6) is 0. The minimum Gasteiger partial charge on any atom is -0.392 e. The zero-order valence-electron chi connectivity index (χ0n) is 10.1. The Morgan fingerprint density at radius 1 is 1.56 bits per heavy atom. The van der Waals surface area contributed by atoms with E-state index in [2.05, 4.69) is 4.98 Å². The first-order valence-electron chi connectivity index (χ1n) is 5.71. The third-order valence-corrected chi connectivity index (χ3v) is 4.57. The first-order chi connectivity index (χ1) is 8.54. The number of hydrogen-bond acceptors (Lipinski definition) is 5. The fourth-order valence-corrected chi connectivity index (χ4v) is 3.21. The molecule has 2 heterocycles. The Morgan fingerprint density at radius 3 is 2.89 bits per heavy atom. The van der Waals surface area contributed by atoms with Crippen LogP contribution in [-0.2, 0) is 21.4 Å². The average molecular weight is 272 g/mol. The van der Waals surface area contributed by atoms with E-state index in [4.69, 9.17) is 9.84 Å². The van der Waals surface area contributed by atoms with Crippen molar-refractivity contribution in [3.63, 3.8) is 0 Å². The highest BCUT2D eigenvalue weighted by molar-refractivity contribution is 7.89. The lowest BCUT2D eigenvalue weighted by Gasteiger charge is -2.29. The molecule has 1 N–H and O–H groups in total. The normalized spacial score (nSPS) is 22.0. The molecular weight excluding hydrogens is 256 g/mol. The number of rotatable bonds is 3. The molecule has 0 aliphatic carbocycles. The van der Waals surface area contributed by atoms with Gasteiger partial charge in [0.25, 0.3) is 10.0 Å². The second kappa shape index (κ2) is 5.31. The van der Waals surface area contributed by atoms with Crippen molar-refractivity contribution in [1.29, 1.82) is 0 Å². The predicted octanol–water partition coefficient (Wildman–Crippen LogP) is -0.0167. The molecule has 0 bridgehead atoms. The van der Waals surface area contributed by atoms with Gasteiger partial charge in [-0.05, 0) is 18.6 Å². The van der Waals surface area contributed by atoms with E-state index in [0.717, 1.165) is 0 Å². The molecule has 2 rings (SSSR count). The Kier molecular flexibility index (Phi) is 3.96. The number of hydrogen-bond donors (Lipinski definition) is 1. The smallest absolute Gasteiger partial charge is 0.260 e. The fraction of sp³-hybridized carbons (Fsp3) is 0.545. The molecule has 1 aromatic heterocycles. The van der Waals surface area contributed by atoms with Gasteiger partial charge in [-0.15, -0.1) is 0 Å². The van der Waals surface area contributed by atoms with Crippen molar-refractivity contribution >= 4 is 10.0 Å². The van der Waals surface area contributed by atoms with Crippen LogP contribution in [0.5, 0.6) is 0 Å². The Labute approximate surface area is 106 Å². The predicted molar refractivity (Wildman–Crippen MR) is 64.3 cm³/mol. The van der Waals surface area contributed by atoms with Gasteiger partial charge in [-0.3, -0.25) is 0 Å². The van der Waals surface area contributed by atoms with Crippen molar-refractivity contribution in [2.24, 2.45) is 0 Å². The van der Waals surface area contributed by atoms with Gasteiger partial charge in [0.05, 0.1) is 19.3 Å². The zero-order chi connectivity index (χ0) is 13.2. The maximum atomic E-state index is 12.3. The Balaban J connectivity index is 2.23. The molecule has 0 radical (unpaired) electrons. The summed E-state index contributed by atoms with van der Waals surface area (Å²) >= 11 is 0. The van der Waals surface area contributed by atoms with E-state index < -0.39 is 10.0 Å². The highest BCUT2D eigenvalue weighted by Crippen LogP contribution is 2.17. The highest BCUT2D eigenvalue weighted by atomic mass is 32.2. The van der Waals surface area contributed by atoms with Gasteiger partial charge in [-0.1, -0.05) is 6.07 Å². The SMILES string of the molecule is CC1CN(S(=O)(=O)c2ccc(CO)cn2)CCO1. The molecule has 6 nitrogen and oxygen atoms in total. The summed E-state index contributed by atoms with van der Waals surface area (Å²) in [7, 11) is -3.56. The number of ether oxygens (including phenoxy) is 1. The fourth-order valence-electron chi connectivity index (χ4n) is 1.79. The number of sulfonamides is 1. The van der Waals surface area contributed by atoms with Gasteiger partial charge in [0.1, 0.15) is 0 Å². The maximum absolute atomic E-state index is 12.3. The van der Waals surface area contributed by atoms with Gasteiger partial charge in [0, 0.05) is 19.3 Å². The van der Waals surface area contributed by atoms with Crippen LogP contribution < -0.4 is 0 Å². The number of aromatic nitrogens is 1. The summed E-state index contributed by atoms with van der Waals surface area (Å²) in [6.07, 6.45) is 1.27. The van der Waals surface area contributed by atoms with Crippen LogP contribution in [0.25, 0.3) is 0 Å². The second-order valence-electron chi connectivity index (χ2n) is 4.21. The minimum absolute atomic E-state index is 0.00815. The molecule has 1 atom stereocenters. The Bertz CT molecular complexity index is 500. The monoisotopic (exact) mass is 272 g/mol. The third kappa shape index (κ3) is 2.69. The van der Waals surface area contributed by atoms with Crippen LogP contribution in [0.4, 0.5) is 0 Å². The van der Waals surface area contributed by atoms with Crippen LogP contribution in [-0.4, -0.2) is 48.6 Å². The lowest BCUT2D eigenvalue weighted by Crippen LogP contribution is -2.44. The summed E-state index contributed by atoms with van der Waals surface area (Å²) in [6.45, 7) is 2.77. The summed E-state index contributed by atoms with van der Waals surface area (Å²) < 4.78 is 31.2. The number of morpholine rings is 1. The van der Waals surface area contributed by atoms with Crippen LogP contribution in [0.15, 0.2) is 23.4 Å². The third-order valence-electron chi connectivity index (χ3n) is 2.79. The molecule has 1 aliphatic heterocycles. The molecule has 100 valence electrons. The highest BCUT2D eigenvalue weighted by Gasteiger charge is 2.29. The van der Waals surface area contributed by atoms with Gasteiger partial charge < -0.3 is 9.84 Å². The van der Waals surface area contributed by atoms with Crippen LogP contribution in [0.2, 0.25) is 0 Å². The van der Waals surface area contributed by atoms with Crippen LogP contribution in [0.1, 0.15) is 12.5 Å². The topological polar surface area (TPSA) is 79.7 Å². The van der Waals surface area contributed by atoms with Gasteiger partial charge in [0.15, 0.2) is 5.03 Å². The minimum atomic E-state index is -3.56. The van der Waals surface area contributed by atoms with Crippen LogP contribution in [0, 0.1) is 0 Å². The molecule has 0 spiro atoms. The molecular formula is C11H16N2O4S. The van der Waals surface area contributed by atoms with E-state index >= 15 is 0 Å². The molecule has 1 saturated heterocycles. The van der Waals surface area contributed by atoms with Crippen molar-refractivity contribution < 1.29 is 18.3 Å². The molecule has 1 aliphatic rings. The van der Waals surface area contributed by atoms with Crippen molar-refractivity contribution in [3.05, 3.63) is 23.9 Å². The lowest BCUT2D eigenvalue weighted by molar-refractivity contribution is 0.0101. The number of nitrogens with zero attached hydrogens (tertiary/aromatic N) is 2. The first kappa shape index (κ1) is 13.4. The summed E-state index contributed by atoms with van der Waals surface area (Å²) in [5.41, 5.74) is 0.587. The van der Waals surface area contributed by atoms with E-state index in [1.165, 1.54) is 16.6 Å². The number of aliphatic hydroxyl groups is 1. The molecule has 18 heavy (non-hydrogen) atoms. The van der Waals surface area contributed by atoms with Gasteiger partial charge >= 0.3 is 0 Å². The lowest BCUT2D eigenvalue weighted by atomic mass is 10.3. The van der Waals surface area contributed by atoms with E-state index in [0.29, 0.717) is 25.3 Å². The molecule has 0 saturated carbocycles. The van der Waals surface area contributed by atoms with Crippen molar-refractivity contribution in [2.45, 2.75) is 24.7 Å². The van der Waals surface area contributed by atoms with Crippen molar-refractivity contribution in [2.75, 3.05) is 19.7 Å². The zero-order valence-corrected chi connectivity index (χ0v) is 10.9. The van der Waals surface area contributed by atoms with Gasteiger partial charge in [-0.2, -0.15) is 4.31 Å². The Hall–Kier alpha value is -1.02. The molecule has 1 aromatic rings. The van der Waals surface area contributed by atoms with E-state index in [1.807, 2.05) is 6.92 Å². The largest absolute Gasteiger partial charge is 0.392 e. The number of pyridine rings is 1. The summed E-state index contributed by atoms with van der Waals surface area (Å²) in [6, 6.07) is 2.98. The van der Waals surface area contributed by atoms with Crippen LogP contribution >= 0.6 is 0 Å². The van der Waals surface area contributed by atoms with Crippen molar-refractivity contribution in [1.82, 2.24) is 9.29 Å². The number of aliphatic hydroxyl groups excluding tert-OH is 1. The van der Waals surface area contributed by atoms with Gasteiger partial charge in [0.2, 0.25) is 0 Å². The summed E-state index contributed by atoms with van der Waals surface area (Å²) in [5, 5.41) is 8.91. The molecule has 0 amide bonds. The molecule has 1 unspecified atom stereocenters. The Morgan fingerprint density at radius 2 is 2.33 bits per heavy atom. The molecule has 7 heteroatoms. The average Bonchev–Trinajstić information content (AvgIpc) is 2.39. The molecule has 1 fully saturated rings. The van der Waals surface area contributed by atoms with E-state index in [9.17, 15) is 8.42 Å². The van der Waals surface area contributed by atoms with Gasteiger partial charge in [-0.25, -0.2) is 13.4 Å². The quantitative estimate of drug-likeness (QED) is 0.836. The van der Waals surface area contributed by atoms with E-state index in [-0.39, 0.29) is 17.7 Å². The van der Waals surface area contributed by atoms with Crippen LogP contribution in [0.3, 0.4) is 0 Å². The second-order valence-corrected chi connectivity index (χ2v) is 6.09. The molecule has 0 aromatic carbocycles. The maximum Gasteiger partial charge on any atom is 0.260 e. The van der Waals surface area contributed by atoms with E-state index in [1.54, 1.807) is 6.07 Å². The summed E-state index contributed by atoms with van der Waals surface area (Å²) in [4.78, 5) is 3.89.